The molecule has 0 fully saturated rings. The summed E-state index contributed by atoms with van der Waals surface area (Å²) in [6.07, 6.45) is 0.999. The van der Waals surface area contributed by atoms with Crippen molar-refractivity contribution in [2.24, 2.45) is 0 Å². The van der Waals surface area contributed by atoms with Crippen LogP contribution in [0.4, 0.5) is 11.4 Å². The van der Waals surface area contributed by atoms with Gasteiger partial charge in [0.25, 0.3) is 0 Å². The zero-order valence-electron chi connectivity index (χ0n) is 11.2. The molecule has 0 aliphatic rings. The molecule has 1 aromatic rings. The van der Waals surface area contributed by atoms with Crippen molar-refractivity contribution in [3.63, 3.8) is 0 Å². The third kappa shape index (κ3) is 3.92. The van der Waals surface area contributed by atoms with Crippen LogP contribution in [0.2, 0.25) is 0 Å². The number of aryl methyl sites for hydroxylation is 1. The molecule has 1 rings (SSSR count). The van der Waals surface area contributed by atoms with Crippen LogP contribution in [0, 0.1) is 6.92 Å². The average molecular weight is 251 g/mol. The highest BCUT2D eigenvalue weighted by molar-refractivity contribution is 5.95. The number of hydrogen-bond acceptors (Lipinski definition) is 4. The molecule has 0 spiro atoms. The number of carboxylic acids is 1. The second kappa shape index (κ2) is 6.26. The van der Waals surface area contributed by atoms with Crippen molar-refractivity contribution in [1.82, 2.24) is 4.90 Å². The third-order valence-electron chi connectivity index (χ3n) is 2.73. The van der Waals surface area contributed by atoms with Gasteiger partial charge >= 0.3 is 5.97 Å². The molecule has 0 aliphatic carbocycles. The van der Waals surface area contributed by atoms with Gasteiger partial charge < -0.3 is 21.1 Å². The lowest BCUT2D eigenvalue weighted by atomic mass is 10.1. The van der Waals surface area contributed by atoms with Gasteiger partial charge in [-0.1, -0.05) is 0 Å². The third-order valence-corrected chi connectivity index (χ3v) is 2.73. The van der Waals surface area contributed by atoms with Crippen molar-refractivity contribution in [2.45, 2.75) is 13.3 Å². The van der Waals surface area contributed by atoms with Crippen molar-refractivity contribution in [3.8, 4) is 0 Å². The van der Waals surface area contributed by atoms with Crippen LogP contribution >= 0.6 is 0 Å². The SMILES string of the molecule is Cc1cc(NCCCN(C)C)cc(C(=O)O)c1N. The van der Waals surface area contributed by atoms with E-state index in [2.05, 4.69) is 10.2 Å². The van der Waals surface area contributed by atoms with E-state index in [1.165, 1.54) is 0 Å². The Balaban J connectivity index is 2.69. The predicted octanol–water partition coefficient (Wildman–Crippen LogP) is 1.64. The molecule has 18 heavy (non-hydrogen) atoms. The Labute approximate surface area is 108 Å². The van der Waals surface area contributed by atoms with Crippen LogP contribution in [0.1, 0.15) is 22.3 Å². The number of nitrogens with two attached hydrogens (primary N) is 1. The van der Waals surface area contributed by atoms with Crippen molar-refractivity contribution in [2.75, 3.05) is 38.2 Å². The average Bonchev–Trinajstić information content (AvgIpc) is 2.28. The lowest BCUT2D eigenvalue weighted by Gasteiger charge is -2.13. The van der Waals surface area contributed by atoms with Gasteiger partial charge in [0.2, 0.25) is 0 Å². The van der Waals surface area contributed by atoms with Gasteiger partial charge in [0.05, 0.1) is 5.56 Å². The normalized spacial score (nSPS) is 10.7. The minimum Gasteiger partial charge on any atom is -0.478 e. The van der Waals surface area contributed by atoms with Crippen molar-refractivity contribution >= 4 is 17.3 Å². The maximum Gasteiger partial charge on any atom is 0.337 e. The van der Waals surface area contributed by atoms with E-state index in [1.54, 1.807) is 6.07 Å². The van der Waals surface area contributed by atoms with Crippen molar-refractivity contribution in [1.29, 1.82) is 0 Å². The van der Waals surface area contributed by atoms with Crippen LogP contribution < -0.4 is 11.1 Å². The Morgan fingerprint density at radius 1 is 1.44 bits per heavy atom. The largest absolute Gasteiger partial charge is 0.478 e. The number of nitrogens with one attached hydrogen (secondary N) is 1. The molecule has 0 saturated heterocycles. The number of benzene rings is 1. The molecule has 4 N–H and O–H groups in total. The Morgan fingerprint density at radius 2 is 2.11 bits per heavy atom. The fourth-order valence-corrected chi connectivity index (χ4v) is 1.71. The molecule has 5 heteroatoms. The molecule has 0 amide bonds. The van der Waals surface area contributed by atoms with Crippen molar-refractivity contribution in [3.05, 3.63) is 23.3 Å². The maximum absolute atomic E-state index is 11.0. The van der Waals surface area contributed by atoms with E-state index < -0.39 is 5.97 Å². The van der Waals surface area contributed by atoms with E-state index >= 15 is 0 Å². The topological polar surface area (TPSA) is 78.6 Å². The zero-order valence-corrected chi connectivity index (χ0v) is 11.2. The summed E-state index contributed by atoms with van der Waals surface area (Å²) >= 11 is 0. The Hall–Kier alpha value is -1.75. The molecule has 0 saturated carbocycles. The van der Waals surface area contributed by atoms with Gasteiger partial charge in [-0.25, -0.2) is 4.79 Å². The highest BCUT2D eigenvalue weighted by atomic mass is 16.4. The van der Waals surface area contributed by atoms with Crippen LogP contribution in [-0.4, -0.2) is 43.2 Å². The first-order valence-electron chi connectivity index (χ1n) is 5.94. The van der Waals surface area contributed by atoms with Gasteiger partial charge in [0, 0.05) is 17.9 Å². The molecule has 0 bridgehead atoms. The molecule has 0 unspecified atom stereocenters. The number of anilines is 2. The first-order chi connectivity index (χ1) is 8.41. The van der Waals surface area contributed by atoms with E-state index in [0.29, 0.717) is 5.69 Å². The smallest absolute Gasteiger partial charge is 0.337 e. The van der Waals surface area contributed by atoms with Gasteiger partial charge in [-0.2, -0.15) is 0 Å². The van der Waals surface area contributed by atoms with E-state index in [1.807, 2.05) is 27.1 Å². The minimum absolute atomic E-state index is 0.158. The lowest BCUT2D eigenvalue weighted by Crippen LogP contribution is -2.16. The molecule has 0 radical (unpaired) electrons. The highest BCUT2D eigenvalue weighted by Gasteiger charge is 2.11. The molecule has 100 valence electrons. The Bertz CT molecular complexity index is 430. The van der Waals surface area contributed by atoms with E-state index in [4.69, 9.17) is 10.8 Å². The summed E-state index contributed by atoms with van der Waals surface area (Å²) in [6, 6.07) is 3.46. The number of rotatable bonds is 6. The first kappa shape index (κ1) is 14.3. The van der Waals surface area contributed by atoms with Gasteiger partial charge in [-0.3, -0.25) is 0 Å². The van der Waals surface area contributed by atoms with Crippen LogP contribution in [0.3, 0.4) is 0 Å². The summed E-state index contributed by atoms with van der Waals surface area (Å²) in [5.74, 6) is -0.993. The monoisotopic (exact) mass is 251 g/mol. The highest BCUT2D eigenvalue weighted by Crippen LogP contribution is 2.22. The lowest BCUT2D eigenvalue weighted by molar-refractivity contribution is 0.0698. The number of nitrogen functional groups attached to an aromatic ring is 1. The summed E-state index contributed by atoms with van der Waals surface area (Å²) in [6.45, 7) is 3.61. The summed E-state index contributed by atoms with van der Waals surface area (Å²) in [5, 5.41) is 12.3. The number of carbonyl (C=O) groups is 1. The molecule has 0 atom stereocenters. The fourth-order valence-electron chi connectivity index (χ4n) is 1.71. The molecule has 1 aromatic carbocycles. The summed E-state index contributed by atoms with van der Waals surface area (Å²) in [7, 11) is 4.05. The summed E-state index contributed by atoms with van der Waals surface area (Å²) < 4.78 is 0. The molecule has 5 nitrogen and oxygen atoms in total. The van der Waals surface area contributed by atoms with Crippen LogP contribution in [0.15, 0.2) is 12.1 Å². The van der Waals surface area contributed by atoms with Gasteiger partial charge in [-0.15, -0.1) is 0 Å². The Kier molecular flexibility index (Phi) is 4.97. The van der Waals surface area contributed by atoms with E-state index in [-0.39, 0.29) is 5.56 Å². The number of aromatic carboxylic acids is 1. The minimum atomic E-state index is -0.993. The summed E-state index contributed by atoms with van der Waals surface area (Å²) in [4.78, 5) is 13.1. The second-order valence-corrected chi connectivity index (χ2v) is 4.64. The van der Waals surface area contributed by atoms with Crippen LogP contribution in [0.25, 0.3) is 0 Å². The molecule has 0 aliphatic heterocycles. The van der Waals surface area contributed by atoms with E-state index in [0.717, 1.165) is 30.8 Å². The standard InChI is InChI=1S/C13H21N3O2/c1-9-7-10(15-5-4-6-16(2)3)8-11(12(9)14)13(17)18/h7-8,15H,4-6,14H2,1-3H3,(H,17,18). The summed E-state index contributed by atoms with van der Waals surface area (Å²) in [5.41, 5.74) is 7.81. The van der Waals surface area contributed by atoms with Gasteiger partial charge in [0.1, 0.15) is 0 Å². The predicted molar refractivity (Wildman–Crippen MR) is 74.2 cm³/mol. The molecule has 0 aromatic heterocycles. The second-order valence-electron chi connectivity index (χ2n) is 4.64. The van der Waals surface area contributed by atoms with Crippen LogP contribution in [-0.2, 0) is 0 Å². The van der Waals surface area contributed by atoms with E-state index in [9.17, 15) is 4.79 Å². The molecular formula is C13H21N3O2. The van der Waals surface area contributed by atoms with Crippen molar-refractivity contribution < 1.29 is 9.90 Å². The fraction of sp³-hybridized carbons (Fsp3) is 0.462. The molecular weight excluding hydrogens is 230 g/mol. The number of nitrogens with zero attached hydrogens (tertiary/aromatic N) is 1. The quantitative estimate of drug-likeness (QED) is 0.529. The number of carboxylic acid groups (broad SMARTS) is 1. The van der Waals surface area contributed by atoms with Gasteiger partial charge in [-0.05, 0) is 51.7 Å². The number of hydrogen-bond donors (Lipinski definition) is 3. The molecule has 0 heterocycles. The Morgan fingerprint density at radius 3 is 2.67 bits per heavy atom. The van der Waals surface area contributed by atoms with Crippen LogP contribution in [0.5, 0.6) is 0 Å². The first-order valence-corrected chi connectivity index (χ1v) is 5.94. The maximum atomic E-state index is 11.0. The zero-order chi connectivity index (χ0) is 13.7. The van der Waals surface area contributed by atoms with Gasteiger partial charge in [0.15, 0.2) is 0 Å².